The summed E-state index contributed by atoms with van der Waals surface area (Å²) in [6.07, 6.45) is 0.887. The van der Waals surface area contributed by atoms with Gasteiger partial charge in [-0.2, -0.15) is 0 Å². The molecule has 6 nitrogen and oxygen atoms in total. The van der Waals surface area contributed by atoms with Crippen LogP contribution >= 0.6 is 0 Å². The molecule has 0 saturated carbocycles. The summed E-state index contributed by atoms with van der Waals surface area (Å²) in [6, 6.07) is 9.92. The lowest BCUT2D eigenvalue weighted by Gasteiger charge is -2.08. The van der Waals surface area contributed by atoms with E-state index in [1.807, 2.05) is 30.3 Å². The van der Waals surface area contributed by atoms with Gasteiger partial charge in [0.1, 0.15) is 0 Å². The molecule has 1 fully saturated rings. The van der Waals surface area contributed by atoms with Gasteiger partial charge in [-0.05, 0) is 5.56 Å². The maximum atomic E-state index is 11.7. The van der Waals surface area contributed by atoms with Crippen molar-refractivity contribution < 1.29 is 9.21 Å². The van der Waals surface area contributed by atoms with Crippen LogP contribution in [0.2, 0.25) is 0 Å². The molecule has 0 bridgehead atoms. The third-order valence-corrected chi connectivity index (χ3v) is 3.04. The molecule has 2 aromatic rings. The zero-order valence-corrected chi connectivity index (χ0v) is 10.3. The highest BCUT2D eigenvalue weighted by Gasteiger charge is 2.31. The van der Waals surface area contributed by atoms with E-state index in [2.05, 4.69) is 10.2 Å². The van der Waals surface area contributed by atoms with Crippen molar-refractivity contribution in [1.82, 2.24) is 10.2 Å². The number of carbonyl (C=O) groups is 1. The van der Waals surface area contributed by atoms with Gasteiger partial charge in [0.05, 0.1) is 6.42 Å². The summed E-state index contributed by atoms with van der Waals surface area (Å²) < 4.78 is 5.52. The molecule has 0 radical (unpaired) electrons. The Kier molecular flexibility index (Phi) is 3.00. The van der Waals surface area contributed by atoms with Crippen LogP contribution in [0.3, 0.4) is 0 Å². The molecular weight excluding hydrogens is 244 g/mol. The topological polar surface area (TPSA) is 85.3 Å². The van der Waals surface area contributed by atoms with Gasteiger partial charge in [-0.25, -0.2) is 0 Å². The zero-order chi connectivity index (χ0) is 13.2. The van der Waals surface area contributed by atoms with Gasteiger partial charge in [-0.1, -0.05) is 35.4 Å². The molecule has 1 aliphatic heterocycles. The van der Waals surface area contributed by atoms with Gasteiger partial charge in [-0.15, -0.1) is 5.10 Å². The lowest BCUT2D eigenvalue weighted by molar-refractivity contribution is -0.117. The SMILES string of the molecule is NC1CC(=O)N(c2nnc(Cc3ccccc3)o2)C1. The summed E-state index contributed by atoms with van der Waals surface area (Å²) in [5.41, 5.74) is 6.82. The Morgan fingerprint density at radius 2 is 2.11 bits per heavy atom. The van der Waals surface area contributed by atoms with Crippen LogP contribution in [0.4, 0.5) is 6.01 Å². The van der Waals surface area contributed by atoms with Crippen LogP contribution in [0.25, 0.3) is 0 Å². The summed E-state index contributed by atoms with van der Waals surface area (Å²) in [6.45, 7) is 0.436. The molecular formula is C13H14N4O2. The van der Waals surface area contributed by atoms with Gasteiger partial charge >= 0.3 is 6.01 Å². The largest absolute Gasteiger partial charge is 0.407 e. The molecule has 19 heavy (non-hydrogen) atoms. The second kappa shape index (κ2) is 4.81. The summed E-state index contributed by atoms with van der Waals surface area (Å²) in [7, 11) is 0. The Hall–Kier alpha value is -2.21. The Labute approximate surface area is 110 Å². The van der Waals surface area contributed by atoms with E-state index < -0.39 is 0 Å². The van der Waals surface area contributed by atoms with E-state index >= 15 is 0 Å². The molecule has 1 aromatic heterocycles. The average molecular weight is 258 g/mol. The molecule has 3 rings (SSSR count). The number of rotatable bonds is 3. The first-order chi connectivity index (χ1) is 9.22. The predicted octanol–water partition coefficient (Wildman–Crippen LogP) is 0.724. The quantitative estimate of drug-likeness (QED) is 0.877. The molecule has 0 spiro atoms. The number of anilines is 1. The minimum Gasteiger partial charge on any atom is -0.407 e. The second-order valence-corrected chi connectivity index (χ2v) is 4.61. The van der Waals surface area contributed by atoms with Crippen molar-refractivity contribution >= 4 is 11.9 Å². The molecule has 2 N–H and O–H groups in total. The van der Waals surface area contributed by atoms with E-state index in [-0.39, 0.29) is 18.0 Å². The molecule has 1 aromatic carbocycles. The molecule has 1 amide bonds. The number of benzene rings is 1. The number of amides is 1. The fraction of sp³-hybridized carbons (Fsp3) is 0.308. The number of aromatic nitrogens is 2. The van der Waals surface area contributed by atoms with Crippen molar-refractivity contribution in [2.45, 2.75) is 18.9 Å². The minimum absolute atomic E-state index is 0.0672. The van der Waals surface area contributed by atoms with Crippen molar-refractivity contribution in [3.63, 3.8) is 0 Å². The van der Waals surface area contributed by atoms with Crippen molar-refractivity contribution in [2.24, 2.45) is 5.73 Å². The fourth-order valence-corrected chi connectivity index (χ4v) is 2.12. The summed E-state index contributed by atoms with van der Waals surface area (Å²) in [4.78, 5) is 13.1. The maximum absolute atomic E-state index is 11.7. The number of nitrogens with zero attached hydrogens (tertiary/aromatic N) is 3. The van der Waals surface area contributed by atoms with Gasteiger partial charge in [0.25, 0.3) is 0 Å². The first kappa shape index (κ1) is 11.9. The number of hydrogen-bond donors (Lipinski definition) is 1. The van der Waals surface area contributed by atoms with Crippen LogP contribution in [-0.4, -0.2) is 28.7 Å². The van der Waals surface area contributed by atoms with E-state index in [4.69, 9.17) is 10.2 Å². The van der Waals surface area contributed by atoms with Crippen LogP contribution < -0.4 is 10.6 Å². The average Bonchev–Trinajstić information content (AvgIpc) is 2.97. The van der Waals surface area contributed by atoms with E-state index in [0.717, 1.165) is 5.56 Å². The number of carbonyl (C=O) groups excluding carboxylic acids is 1. The highest BCUT2D eigenvalue weighted by Crippen LogP contribution is 2.20. The first-order valence-electron chi connectivity index (χ1n) is 6.14. The molecule has 98 valence electrons. The van der Waals surface area contributed by atoms with Crippen LogP contribution in [0.15, 0.2) is 34.7 Å². The van der Waals surface area contributed by atoms with Crippen LogP contribution in [0, 0.1) is 0 Å². The van der Waals surface area contributed by atoms with Crippen LogP contribution in [0.1, 0.15) is 17.9 Å². The van der Waals surface area contributed by atoms with Gasteiger partial charge in [0, 0.05) is 19.0 Å². The summed E-state index contributed by atoms with van der Waals surface area (Å²) in [5.74, 6) is 0.428. The minimum atomic E-state index is -0.156. The van der Waals surface area contributed by atoms with Gasteiger partial charge in [0.15, 0.2) is 0 Å². The van der Waals surface area contributed by atoms with E-state index in [1.165, 1.54) is 4.90 Å². The third-order valence-electron chi connectivity index (χ3n) is 3.04. The zero-order valence-electron chi connectivity index (χ0n) is 10.3. The molecule has 6 heteroatoms. The molecule has 1 aliphatic rings. The predicted molar refractivity (Wildman–Crippen MR) is 68.5 cm³/mol. The molecule has 0 aliphatic carbocycles. The molecule has 1 unspecified atom stereocenters. The number of hydrogen-bond acceptors (Lipinski definition) is 5. The molecule has 1 saturated heterocycles. The number of nitrogens with two attached hydrogens (primary N) is 1. The monoisotopic (exact) mass is 258 g/mol. The van der Waals surface area contributed by atoms with E-state index in [1.54, 1.807) is 0 Å². The first-order valence-corrected chi connectivity index (χ1v) is 6.14. The molecule has 2 heterocycles. The normalized spacial score (nSPS) is 19.1. The van der Waals surface area contributed by atoms with Crippen LogP contribution in [-0.2, 0) is 11.2 Å². The Morgan fingerprint density at radius 3 is 2.79 bits per heavy atom. The van der Waals surface area contributed by atoms with Gasteiger partial charge in [0.2, 0.25) is 11.8 Å². The van der Waals surface area contributed by atoms with Gasteiger partial charge in [-0.3, -0.25) is 9.69 Å². The van der Waals surface area contributed by atoms with Crippen molar-refractivity contribution in [3.8, 4) is 0 Å². The Morgan fingerprint density at radius 1 is 1.32 bits per heavy atom. The lowest BCUT2D eigenvalue weighted by Crippen LogP contribution is -2.28. The standard InChI is InChI=1S/C13H14N4O2/c14-10-7-12(18)17(8-10)13-16-15-11(19-13)6-9-4-2-1-3-5-9/h1-5,10H,6-8,14H2. The molecule has 1 atom stereocenters. The van der Waals surface area contributed by atoms with E-state index in [0.29, 0.717) is 25.3 Å². The van der Waals surface area contributed by atoms with Gasteiger partial charge < -0.3 is 10.2 Å². The Balaban J connectivity index is 1.75. The van der Waals surface area contributed by atoms with Crippen molar-refractivity contribution in [2.75, 3.05) is 11.4 Å². The summed E-state index contributed by atoms with van der Waals surface area (Å²) >= 11 is 0. The fourth-order valence-electron chi connectivity index (χ4n) is 2.12. The summed E-state index contributed by atoms with van der Waals surface area (Å²) in [5, 5.41) is 7.88. The Bertz CT molecular complexity index is 581. The van der Waals surface area contributed by atoms with E-state index in [9.17, 15) is 4.79 Å². The lowest BCUT2D eigenvalue weighted by atomic mass is 10.2. The third kappa shape index (κ3) is 2.48. The highest BCUT2D eigenvalue weighted by molar-refractivity contribution is 5.94. The van der Waals surface area contributed by atoms with Crippen molar-refractivity contribution in [3.05, 3.63) is 41.8 Å². The van der Waals surface area contributed by atoms with Crippen molar-refractivity contribution in [1.29, 1.82) is 0 Å². The van der Waals surface area contributed by atoms with Crippen LogP contribution in [0.5, 0.6) is 0 Å². The maximum Gasteiger partial charge on any atom is 0.325 e. The highest BCUT2D eigenvalue weighted by atomic mass is 16.4. The second-order valence-electron chi connectivity index (χ2n) is 4.61. The smallest absolute Gasteiger partial charge is 0.325 e.